The van der Waals surface area contributed by atoms with Gasteiger partial charge in [-0.15, -0.1) is 0 Å². The van der Waals surface area contributed by atoms with Gasteiger partial charge in [-0.25, -0.2) is 4.79 Å². The van der Waals surface area contributed by atoms with Crippen LogP contribution < -0.4 is 5.32 Å². The third-order valence-corrected chi connectivity index (χ3v) is 5.30. The van der Waals surface area contributed by atoms with Gasteiger partial charge in [0.15, 0.2) is 0 Å². The predicted molar refractivity (Wildman–Crippen MR) is 111 cm³/mol. The highest BCUT2D eigenvalue weighted by atomic mass is 16.5. The third kappa shape index (κ3) is 7.36. The zero-order chi connectivity index (χ0) is 22.8. The molecule has 1 unspecified atom stereocenters. The topological polar surface area (TPSA) is 133 Å². The van der Waals surface area contributed by atoms with Crippen LogP contribution in [0.3, 0.4) is 0 Å². The molecule has 9 heteroatoms. The summed E-state index contributed by atoms with van der Waals surface area (Å²) in [4.78, 5) is 49.5. The van der Waals surface area contributed by atoms with Gasteiger partial charge in [-0.2, -0.15) is 0 Å². The summed E-state index contributed by atoms with van der Waals surface area (Å²) in [6, 6.07) is 6.76. The molecule has 0 aromatic heterocycles. The summed E-state index contributed by atoms with van der Waals surface area (Å²) < 4.78 is 5.15. The molecule has 0 bridgehead atoms. The van der Waals surface area contributed by atoms with E-state index in [-0.39, 0.29) is 26.0 Å². The number of aliphatic carboxylic acids is 2. The molecule has 3 N–H and O–H groups in total. The number of aryl methyl sites for hydroxylation is 1. The van der Waals surface area contributed by atoms with Gasteiger partial charge in [-0.3, -0.25) is 19.7 Å². The highest BCUT2D eigenvalue weighted by Gasteiger charge is 2.38. The van der Waals surface area contributed by atoms with E-state index < -0.39 is 41.9 Å². The van der Waals surface area contributed by atoms with Crippen LogP contribution >= 0.6 is 0 Å². The van der Waals surface area contributed by atoms with Crippen molar-refractivity contribution in [3.05, 3.63) is 35.9 Å². The number of hydrogen-bond acceptors (Lipinski definition) is 6. The van der Waals surface area contributed by atoms with Gasteiger partial charge in [0.2, 0.25) is 5.91 Å². The number of carboxylic acid groups (broad SMARTS) is 2. The summed E-state index contributed by atoms with van der Waals surface area (Å²) in [5.74, 6) is -3.19. The van der Waals surface area contributed by atoms with Crippen molar-refractivity contribution in [2.75, 3.05) is 13.2 Å². The smallest absolute Gasteiger partial charge is 0.326 e. The van der Waals surface area contributed by atoms with E-state index in [4.69, 9.17) is 9.84 Å². The maximum Gasteiger partial charge on any atom is 0.326 e. The molecule has 31 heavy (non-hydrogen) atoms. The minimum atomic E-state index is -1.09. The van der Waals surface area contributed by atoms with Crippen LogP contribution in [0, 0.1) is 0 Å². The van der Waals surface area contributed by atoms with Gasteiger partial charge in [-0.05, 0) is 44.6 Å². The van der Waals surface area contributed by atoms with Crippen LogP contribution in [0.25, 0.3) is 0 Å². The Morgan fingerprint density at radius 3 is 2.45 bits per heavy atom. The molecule has 0 saturated carbocycles. The number of nitrogens with zero attached hydrogens (tertiary/aromatic N) is 1. The largest absolute Gasteiger partial charge is 0.481 e. The molecule has 0 aliphatic carbocycles. The molecule has 0 spiro atoms. The fraction of sp³-hybridized carbons (Fsp3) is 0.545. The van der Waals surface area contributed by atoms with Crippen molar-refractivity contribution in [3.63, 3.8) is 0 Å². The summed E-state index contributed by atoms with van der Waals surface area (Å²) >= 11 is 0. The Bertz CT molecular complexity index is 768. The number of likely N-dealkylation sites (tertiary alicyclic amines) is 1. The lowest BCUT2D eigenvalue weighted by Gasteiger charge is -2.29. The number of esters is 1. The van der Waals surface area contributed by atoms with E-state index in [0.717, 1.165) is 5.56 Å². The van der Waals surface area contributed by atoms with E-state index >= 15 is 0 Å². The number of carbonyl (C=O) groups is 4. The maximum absolute atomic E-state index is 13.1. The van der Waals surface area contributed by atoms with E-state index in [0.29, 0.717) is 25.7 Å². The van der Waals surface area contributed by atoms with E-state index in [1.165, 1.54) is 4.90 Å². The van der Waals surface area contributed by atoms with Gasteiger partial charge in [0.05, 0.1) is 12.6 Å². The van der Waals surface area contributed by atoms with Gasteiger partial charge < -0.3 is 19.8 Å². The predicted octanol–water partition coefficient (Wildman–Crippen LogP) is 1.45. The third-order valence-electron chi connectivity index (χ3n) is 5.30. The van der Waals surface area contributed by atoms with Crippen molar-refractivity contribution in [1.29, 1.82) is 0 Å². The number of hydrogen-bond donors (Lipinski definition) is 3. The SMILES string of the molecule is CCOC(=O)C(CCc1ccccc1)N[C@@H](CCC(=O)O)C(=O)N1CCC[C@H]1C(=O)O. The average molecular weight is 434 g/mol. The molecular weight excluding hydrogens is 404 g/mol. The number of rotatable bonds is 12. The molecule has 1 saturated heterocycles. The fourth-order valence-electron chi connectivity index (χ4n) is 3.74. The van der Waals surface area contributed by atoms with Crippen LogP contribution in [-0.4, -0.2) is 70.2 Å². The number of carbonyl (C=O) groups excluding carboxylic acids is 2. The Morgan fingerprint density at radius 2 is 1.84 bits per heavy atom. The molecule has 9 nitrogen and oxygen atoms in total. The van der Waals surface area contributed by atoms with Crippen molar-refractivity contribution in [1.82, 2.24) is 10.2 Å². The Kier molecular flexibility index (Phi) is 9.45. The second-order valence-electron chi connectivity index (χ2n) is 7.51. The Balaban J connectivity index is 2.17. The summed E-state index contributed by atoms with van der Waals surface area (Å²) in [6.45, 7) is 2.14. The lowest BCUT2D eigenvalue weighted by Crippen LogP contribution is -2.54. The minimum Gasteiger partial charge on any atom is -0.481 e. The van der Waals surface area contributed by atoms with Crippen molar-refractivity contribution in [2.45, 2.75) is 63.6 Å². The first-order valence-corrected chi connectivity index (χ1v) is 10.5. The van der Waals surface area contributed by atoms with Crippen LogP contribution in [0.4, 0.5) is 0 Å². The molecule has 3 atom stereocenters. The normalized spacial score (nSPS) is 17.7. The van der Waals surface area contributed by atoms with Crippen LogP contribution in [-0.2, 0) is 30.3 Å². The first-order valence-electron chi connectivity index (χ1n) is 10.5. The number of ether oxygens (including phenoxy) is 1. The lowest BCUT2D eigenvalue weighted by atomic mass is 10.0. The Morgan fingerprint density at radius 1 is 1.13 bits per heavy atom. The van der Waals surface area contributed by atoms with Gasteiger partial charge >= 0.3 is 17.9 Å². The monoisotopic (exact) mass is 434 g/mol. The zero-order valence-electron chi connectivity index (χ0n) is 17.7. The van der Waals surface area contributed by atoms with Crippen molar-refractivity contribution < 1.29 is 34.1 Å². The van der Waals surface area contributed by atoms with Gasteiger partial charge in [0.1, 0.15) is 12.1 Å². The summed E-state index contributed by atoms with van der Waals surface area (Å²) in [7, 11) is 0. The number of nitrogens with one attached hydrogen (secondary N) is 1. The highest BCUT2D eigenvalue weighted by Crippen LogP contribution is 2.20. The van der Waals surface area contributed by atoms with Crippen LogP contribution in [0.1, 0.15) is 44.6 Å². The van der Waals surface area contributed by atoms with E-state index in [9.17, 15) is 24.3 Å². The van der Waals surface area contributed by atoms with Gasteiger partial charge in [-0.1, -0.05) is 30.3 Å². The first kappa shape index (κ1) is 24.3. The van der Waals surface area contributed by atoms with Crippen LogP contribution in [0.15, 0.2) is 30.3 Å². The summed E-state index contributed by atoms with van der Waals surface area (Å²) in [6.07, 6.45) is 1.47. The van der Waals surface area contributed by atoms with E-state index in [2.05, 4.69) is 5.32 Å². The molecule has 1 aliphatic heterocycles. The molecule has 0 radical (unpaired) electrons. The van der Waals surface area contributed by atoms with Gasteiger partial charge in [0, 0.05) is 13.0 Å². The number of benzene rings is 1. The molecule has 1 fully saturated rings. The lowest BCUT2D eigenvalue weighted by molar-refractivity contribution is -0.151. The molecule has 1 aromatic rings. The maximum atomic E-state index is 13.1. The number of amides is 1. The van der Waals surface area contributed by atoms with Crippen molar-refractivity contribution >= 4 is 23.8 Å². The van der Waals surface area contributed by atoms with E-state index in [1.54, 1.807) is 6.92 Å². The molecule has 2 rings (SSSR count). The number of carboxylic acids is 2. The molecular formula is C22H30N2O7. The zero-order valence-corrected chi connectivity index (χ0v) is 17.7. The molecule has 170 valence electrons. The van der Waals surface area contributed by atoms with E-state index in [1.807, 2.05) is 30.3 Å². The van der Waals surface area contributed by atoms with Crippen LogP contribution in [0.5, 0.6) is 0 Å². The standard InChI is InChI=1S/C22H30N2O7/c1-2-31-22(30)17(11-10-15-7-4-3-5-8-15)23-16(12-13-19(25)26)20(27)24-14-6-9-18(24)21(28)29/h3-5,7-8,16-18,23H,2,6,9-14H2,1H3,(H,25,26)(H,28,29)/t16-,17?,18-/m0/s1. The molecule has 1 heterocycles. The Labute approximate surface area is 181 Å². The Hall–Kier alpha value is -2.94. The van der Waals surface area contributed by atoms with Crippen molar-refractivity contribution in [3.8, 4) is 0 Å². The summed E-state index contributed by atoms with van der Waals surface area (Å²) in [5, 5.41) is 21.5. The second-order valence-corrected chi connectivity index (χ2v) is 7.51. The second kappa shape index (κ2) is 12.0. The van der Waals surface area contributed by atoms with Gasteiger partial charge in [0.25, 0.3) is 0 Å². The minimum absolute atomic E-state index is 0.0573. The fourth-order valence-corrected chi connectivity index (χ4v) is 3.74. The quantitative estimate of drug-likeness (QED) is 0.421. The van der Waals surface area contributed by atoms with Crippen LogP contribution in [0.2, 0.25) is 0 Å². The first-order chi connectivity index (χ1) is 14.8. The average Bonchev–Trinajstić information content (AvgIpc) is 3.24. The molecule has 1 aliphatic rings. The summed E-state index contributed by atoms with van der Waals surface area (Å²) in [5.41, 5.74) is 1.01. The molecule has 1 amide bonds. The van der Waals surface area contributed by atoms with Crippen molar-refractivity contribution in [2.24, 2.45) is 0 Å². The molecule has 1 aromatic carbocycles. The highest BCUT2D eigenvalue weighted by molar-refractivity contribution is 5.88.